The predicted molar refractivity (Wildman–Crippen MR) is 36.8 cm³/mol. The first-order valence-electron chi connectivity index (χ1n) is 3.50. The van der Waals surface area contributed by atoms with E-state index in [1.165, 1.54) is 0 Å². The van der Waals surface area contributed by atoms with Gasteiger partial charge in [-0.3, -0.25) is 0 Å². The van der Waals surface area contributed by atoms with E-state index in [1.54, 1.807) is 7.11 Å². The number of hydrogen-bond donors (Lipinski definition) is 0. The molecule has 2 atom stereocenters. The molecule has 0 radical (unpaired) electrons. The monoisotopic (exact) mass is 146 g/mol. The Labute approximate surface area is 61.3 Å². The zero-order valence-corrected chi connectivity index (χ0v) is 6.72. The molecule has 1 aliphatic rings. The van der Waals surface area contributed by atoms with Gasteiger partial charge in [-0.2, -0.15) is 0 Å². The van der Waals surface area contributed by atoms with Gasteiger partial charge in [0.25, 0.3) is 0 Å². The Balaban J connectivity index is 2.54. The van der Waals surface area contributed by atoms with Crippen molar-refractivity contribution in [3.05, 3.63) is 0 Å². The van der Waals surface area contributed by atoms with Crippen LogP contribution in [-0.2, 0) is 14.2 Å². The maximum absolute atomic E-state index is 5.38. The molecule has 60 valence electrons. The van der Waals surface area contributed by atoms with Crippen LogP contribution in [0.2, 0.25) is 0 Å². The van der Waals surface area contributed by atoms with Crippen LogP contribution < -0.4 is 0 Å². The molecular formula is C7H14O3. The van der Waals surface area contributed by atoms with Crippen LogP contribution in [0.5, 0.6) is 0 Å². The van der Waals surface area contributed by atoms with Gasteiger partial charge in [0.1, 0.15) is 6.10 Å². The summed E-state index contributed by atoms with van der Waals surface area (Å²) in [6.07, 6.45) is 0.0197. The number of methoxy groups -OCH3 is 1. The smallest absolute Gasteiger partial charge is 0.191 e. The lowest BCUT2D eigenvalue weighted by Gasteiger charge is -2.37. The average molecular weight is 146 g/mol. The Kier molecular flexibility index (Phi) is 2.28. The summed E-state index contributed by atoms with van der Waals surface area (Å²) in [6, 6.07) is 0. The van der Waals surface area contributed by atoms with Gasteiger partial charge in [-0.1, -0.05) is 0 Å². The lowest BCUT2D eigenvalue weighted by atomic mass is 10.2. The Bertz CT molecular complexity index is 115. The van der Waals surface area contributed by atoms with E-state index in [4.69, 9.17) is 14.2 Å². The summed E-state index contributed by atoms with van der Waals surface area (Å²) < 4.78 is 15.9. The molecule has 3 heteroatoms. The van der Waals surface area contributed by atoms with Crippen molar-refractivity contribution in [1.82, 2.24) is 0 Å². The Hall–Kier alpha value is -0.120. The van der Waals surface area contributed by atoms with E-state index in [1.807, 2.05) is 13.8 Å². The minimum Gasteiger partial charge on any atom is -0.371 e. The van der Waals surface area contributed by atoms with Gasteiger partial charge in [-0.05, 0) is 13.8 Å². The third-order valence-electron chi connectivity index (χ3n) is 1.98. The fourth-order valence-corrected chi connectivity index (χ4v) is 0.963. The molecule has 0 aliphatic carbocycles. The third kappa shape index (κ3) is 1.31. The molecule has 0 saturated carbocycles. The quantitative estimate of drug-likeness (QED) is 0.547. The van der Waals surface area contributed by atoms with Crippen LogP contribution in [0.4, 0.5) is 0 Å². The minimum atomic E-state index is -0.543. The lowest BCUT2D eigenvalue weighted by Crippen LogP contribution is -2.48. The van der Waals surface area contributed by atoms with Crippen LogP contribution >= 0.6 is 0 Å². The number of hydrogen-bond acceptors (Lipinski definition) is 3. The van der Waals surface area contributed by atoms with Gasteiger partial charge in [0, 0.05) is 7.11 Å². The first-order valence-corrected chi connectivity index (χ1v) is 3.50. The van der Waals surface area contributed by atoms with Crippen molar-refractivity contribution in [3.8, 4) is 0 Å². The molecular weight excluding hydrogens is 132 g/mol. The lowest BCUT2D eigenvalue weighted by molar-refractivity contribution is -0.301. The zero-order chi connectivity index (χ0) is 7.61. The van der Waals surface area contributed by atoms with Crippen LogP contribution in [0, 0.1) is 0 Å². The normalized spacial score (nSPS) is 41.7. The van der Waals surface area contributed by atoms with Crippen LogP contribution in [0.3, 0.4) is 0 Å². The zero-order valence-electron chi connectivity index (χ0n) is 6.72. The van der Waals surface area contributed by atoms with Gasteiger partial charge in [0.15, 0.2) is 5.79 Å². The predicted octanol–water partition coefficient (Wildman–Crippen LogP) is 0.784. The van der Waals surface area contributed by atoms with E-state index in [2.05, 4.69) is 0 Å². The van der Waals surface area contributed by atoms with Gasteiger partial charge in [-0.15, -0.1) is 0 Å². The van der Waals surface area contributed by atoms with Crippen molar-refractivity contribution < 1.29 is 14.2 Å². The first kappa shape index (κ1) is 7.98. The van der Waals surface area contributed by atoms with E-state index in [9.17, 15) is 0 Å². The molecule has 10 heavy (non-hydrogen) atoms. The van der Waals surface area contributed by atoms with E-state index >= 15 is 0 Å². The fraction of sp³-hybridized carbons (Fsp3) is 1.00. The fourth-order valence-electron chi connectivity index (χ4n) is 0.963. The molecule has 2 unspecified atom stereocenters. The molecule has 3 nitrogen and oxygen atoms in total. The van der Waals surface area contributed by atoms with Crippen LogP contribution in [0.25, 0.3) is 0 Å². The maximum atomic E-state index is 5.38. The average Bonchev–Trinajstić information content (AvgIpc) is 1.96. The highest BCUT2D eigenvalue weighted by atomic mass is 16.7. The van der Waals surface area contributed by atoms with Crippen LogP contribution in [0.1, 0.15) is 13.8 Å². The topological polar surface area (TPSA) is 27.7 Å². The van der Waals surface area contributed by atoms with Gasteiger partial charge >= 0.3 is 0 Å². The molecule has 0 aromatic rings. The molecule has 1 saturated heterocycles. The van der Waals surface area contributed by atoms with Crippen molar-refractivity contribution in [2.24, 2.45) is 0 Å². The second-order valence-corrected chi connectivity index (χ2v) is 2.58. The van der Waals surface area contributed by atoms with Crippen molar-refractivity contribution in [1.29, 1.82) is 0 Å². The summed E-state index contributed by atoms with van der Waals surface area (Å²) in [5.41, 5.74) is 0. The summed E-state index contributed by atoms with van der Waals surface area (Å²) in [7, 11) is 1.63. The molecule has 1 rings (SSSR count). The molecule has 1 fully saturated rings. The standard InChI is InChI=1S/C7H14O3/c1-6-7(2,8-3)10-5-4-9-6/h6H,4-5H2,1-3H3. The summed E-state index contributed by atoms with van der Waals surface area (Å²) in [5.74, 6) is -0.543. The molecule has 0 amide bonds. The Morgan fingerprint density at radius 2 is 2.20 bits per heavy atom. The molecule has 0 aromatic heterocycles. The second-order valence-electron chi connectivity index (χ2n) is 2.58. The summed E-state index contributed by atoms with van der Waals surface area (Å²) in [5, 5.41) is 0. The van der Waals surface area contributed by atoms with E-state index in [-0.39, 0.29) is 6.10 Å². The number of ether oxygens (including phenoxy) is 3. The van der Waals surface area contributed by atoms with Crippen LogP contribution in [0.15, 0.2) is 0 Å². The molecule has 0 spiro atoms. The van der Waals surface area contributed by atoms with E-state index < -0.39 is 5.79 Å². The molecule has 1 heterocycles. The molecule has 0 aromatic carbocycles. The summed E-state index contributed by atoms with van der Waals surface area (Å²) >= 11 is 0. The molecule has 1 aliphatic heterocycles. The maximum Gasteiger partial charge on any atom is 0.191 e. The summed E-state index contributed by atoms with van der Waals surface area (Å²) in [6.45, 7) is 5.12. The highest BCUT2D eigenvalue weighted by molar-refractivity contribution is 4.74. The van der Waals surface area contributed by atoms with E-state index in [0.717, 1.165) is 0 Å². The highest BCUT2D eigenvalue weighted by Gasteiger charge is 2.35. The minimum absolute atomic E-state index is 0.0197. The molecule has 0 bridgehead atoms. The second kappa shape index (κ2) is 2.86. The highest BCUT2D eigenvalue weighted by Crippen LogP contribution is 2.22. The summed E-state index contributed by atoms with van der Waals surface area (Å²) in [4.78, 5) is 0. The first-order chi connectivity index (χ1) is 4.69. The van der Waals surface area contributed by atoms with Gasteiger partial charge in [0.05, 0.1) is 13.2 Å². The van der Waals surface area contributed by atoms with Crippen molar-refractivity contribution in [2.75, 3.05) is 20.3 Å². The molecule has 0 N–H and O–H groups in total. The van der Waals surface area contributed by atoms with Crippen molar-refractivity contribution in [2.45, 2.75) is 25.7 Å². The van der Waals surface area contributed by atoms with Crippen LogP contribution in [-0.4, -0.2) is 32.2 Å². The number of rotatable bonds is 1. The Morgan fingerprint density at radius 3 is 2.60 bits per heavy atom. The van der Waals surface area contributed by atoms with Gasteiger partial charge < -0.3 is 14.2 Å². The largest absolute Gasteiger partial charge is 0.371 e. The van der Waals surface area contributed by atoms with Crippen molar-refractivity contribution >= 4 is 0 Å². The third-order valence-corrected chi connectivity index (χ3v) is 1.98. The van der Waals surface area contributed by atoms with E-state index in [0.29, 0.717) is 13.2 Å². The SMILES string of the molecule is COC1(C)OCCOC1C. The Morgan fingerprint density at radius 1 is 1.50 bits per heavy atom. The van der Waals surface area contributed by atoms with Gasteiger partial charge in [0.2, 0.25) is 0 Å². The van der Waals surface area contributed by atoms with Gasteiger partial charge in [-0.25, -0.2) is 0 Å². The van der Waals surface area contributed by atoms with Crippen molar-refractivity contribution in [3.63, 3.8) is 0 Å².